The molecule has 0 aliphatic heterocycles. The van der Waals surface area contributed by atoms with Crippen LogP contribution < -0.4 is 10.6 Å². The van der Waals surface area contributed by atoms with E-state index in [0.29, 0.717) is 12.1 Å². The maximum absolute atomic E-state index is 13.2. The normalized spacial score (nSPS) is 12.8. The second kappa shape index (κ2) is 12.7. The molecule has 2 atom stereocenters. The number of alkyl carbamates (subject to hydrolysis) is 1. The second-order valence-electron chi connectivity index (χ2n) is 8.80. The number of carbonyl (C=O) groups is 3. The van der Waals surface area contributed by atoms with Crippen LogP contribution >= 0.6 is 0 Å². The molecule has 176 valence electrons. The van der Waals surface area contributed by atoms with Crippen molar-refractivity contribution < 1.29 is 19.1 Å². The van der Waals surface area contributed by atoms with Gasteiger partial charge in [-0.15, -0.1) is 0 Å². The fourth-order valence-electron chi connectivity index (χ4n) is 3.07. The van der Waals surface area contributed by atoms with Crippen molar-refractivity contribution in [2.75, 3.05) is 13.1 Å². The maximum atomic E-state index is 13.2. The maximum Gasteiger partial charge on any atom is 0.408 e. The number of unbranched alkanes of at least 4 members (excludes halogenated alkanes) is 2. The topological polar surface area (TPSA) is 112 Å². The molecule has 2 unspecified atom stereocenters. The van der Waals surface area contributed by atoms with E-state index in [-0.39, 0.29) is 12.5 Å². The Morgan fingerprint density at radius 3 is 2.31 bits per heavy atom. The van der Waals surface area contributed by atoms with Gasteiger partial charge in [-0.3, -0.25) is 9.59 Å². The molecule has 0 aliphatic rings. The Hall–Kier alpha value is -3.08. The van der Waals surface area contributed by atoms with E-state index >= 15 is 0 Å². The van der Waals surface area contributed by atoms with Crippen molar-refractivity contribution in [3.8, 4) is 6.07 Å². The van der Waals surface area contributed by atoms with E-state index in [1.165, 1.54) is 11.8 Å². The van der Waals surface area contributed by atoms with Gasteiger partial charge in [-0.1, -0.05) is 49.6 Å². The van der Waals surface area contributed by atoms with E-state index in [0.717, 1.165) is 24.8 Å². The number of ether oxygens (including phenoxy) is 1. The highest BCUT2D eigenvalue weighted by atomic mass is 16.6. The van der Waals surface area contributed by atoms with Gasteiger partial charge in [0.1, 0.15) is 24.2 Å². The highest BCUT2D eigenvalue weighted by Gasteiger charge is 2.34. The Labute approximate surface area is 191 Å². The monoisotopic (exact) mass is 444 g/mol. The molecular formula is C24H36N4O4. The molecule has 0 spiro atoms. The van der Waals surface area contributed by atoms with Crippen molar-refractivity contribution in [3.63, 3.8) is 0 Å². The third kappa shape index (κ3) is 8.96. The molecule has 0 bridgehead atoms. The first-order valence-corrected chi connectivity index (χ1v) is 11.0. The van der Waals surface area contributed by atoms with Gasteiger partial charge in [0.2, 0.25) is 11.8 Å². The Morgan fingerprint density at radius 2 is 1.78 bits per heavy atom. The van der Waals surface area contributed by atoms with Crippen molar-refractivity contribution >= 4 is 17.9 Å². The molecule has 1 rings (SSSR count). The number of benzene rings is 1. The highest BCUT2D eigenvalue weighted by molar-refractivity contribution is 5.92. The summed E-state index contributed by atoms with van der Waals surface area (Å²) in [4.78, 5) is 39.7. The van der Waals surface area contributed by atoms with Crippen LogP contribution in [0.5, 0.6) is 0 Å². The van der Waals surface area contributed by atoms with Crippen LogP contribution in [-0.4, -0.2) is 47.5 Å². The lowest BCUT2D eigenvalue weighted by atomic mass is 10.0. The lowest BCUT2D eigenvalue weighted by Crippen LogP contribution is -2.52. The highest BCUT2D eigenvalue weighted by Crippen LogP contribution is 2.23. The number of amides is 3. The number of carbonyl (C=O) groups excluding carboxylic acids is 3. The van der Waals surface area contributed by atoms with Gasteiger partial charge >= 0.3 is 6.09 Å². The molecule has 0 aliphatic carbocycles. The molecule has 0 saturated carbocycles. The van der Waals surface area contributed by atoms with Crippen LogP contribution in [0.1, 0.15) is 71.0 Å². The third-order valence-corrected chi connectivity index (χ3v) is 4.66. The first-order valence-electron chi connectivity index (χ1n) is 11.0. The zero-order valence-corrected chi connectivity index (χ0v) is 20.0. The van der Waals surface area contributed by atoms with Crippen LogP contribution in [-0.2, 0) is 14.3 Å². The summed E-state index contributed by atoms with van der Waals surface area (Å²) >= 11 is 0. The molecule has 32 heavy (non-hydrogen) atoms. The largest absolute Gasteiger partial charge is 0.444 e. The minimum absolute atomic E-state index is 0.305. The summed E-state index contributed by atoms with van der Waals surface area (Å²) in [5.74, 6) is -0.912. The number of nitriles is 1. The van der Waals surface area contributed by atoms with Crippen LogP contribution in [0.2, 0.25) is 0 Å². The molecule has 0 aromatic heterocycles. The van der Waals surface area contributed by atoms with Crippen LogP contribution in [0.3, 0.4) is 0 Å². The van der Waals surface area contributed by atoms with Gasteiger partial charge in [-0.25, -0.2) is 4.79 Å². The lowest BCUT2D eigenvalue weighted by molar-refractivity contribution is -0.141. The average Bonchev–Trinajstić information content (AvgIpc) is 2.70. The Bertz CT molecular complexity index is 809. The predicted molar refractivity (Wildman–Crippen MR) is 123 cm³/mol. The Balaban J connectivity index is 3.15. The smallest absolute Gasteiger partial charge is 0.408 e. The molecule has 1 aromatic carbocycles. The van der Waals surface area contributed by atoms with Gasteiger partial charge in [0, 0.05) is 6.54 Å². The number of rotatable bonds is 10. The summed E-state index contributed by atoms with van der Waals surface area (Å²) in [5, 5.41) is 14.8. The molecule has 3 amide bonds. The molecule has 0 fully saturated rings. The van der Waals surface area contributed by atoms with Gasteiger partial charge in [-0.05, 0) is 46.6 Å². The summed E-state index contributed by atoms with van der Waals surface area (Å²) in [6.07, 6.45) is 2.08. The lowest BCUT2D eigenvalue weighted by Gasteiger charge is -2.32. The molecule has 2 N–H and O–H groups in total. The van der Waals surface area contributed by atoms with Crippen LogP contribution in [0.4, 0.5) is 4.79 Å². The summed E-state index contributed by atoms with van der Waals surface area (Å²) in [6, 6.07) is 7.24. The SMILES string of the molecule is CCCCCNC(=O)C(c1ccc(C)cc1)N(CC#N)C(=O)C(C)NC(=O)OC(C)(C)C. The van der Waals surface area contributed by atoms with Gasteiger partial charge in [0.25, 0.3) is 0 Å². The molecule has 0 radical (unpaired) electrons. The van der Waals surface area contributed by atoms with E-state index in [9.17, 15) is 19.6 Å². The molecule has 0 heterocycles. The number of nitrogens with zero attached hydrogens (tertiary/aromatic N) is 2. The van der Waals surface area contributed by atoms with Crippen molar-refractivity contribution in [1.82, 2.24) is 15.5 Å². The second-order valence-corrected chi connectivity index (χ2v) is 8.80. The Morgan fingerprint density at radius 1 is 1.16 bits per heavy atom. The molecule has 0 saturated heterocycles. The third-order valence-electron chi connectivity index (χ3n) is 4.66. The fourth-order valence-corrected chi connectivity index (χ4v) is 3.07. The van der Waals surface area contributed by atoms with Crippen LogP contribution in [0.15, 0.2) is 24.3 Å². The number of aryl methyl sites for hydroxylation is 1. The van der Waals surface area contributed by atoms with E-state index in [1.54, 1.807) is 32.9 Å². The first-order chi connectivity index (χ1) is 15.0. The van der Waals surface area contributed by atoms with E-state index < -0.39 is 29.7 Å². The molecular weight excluding hydrogens is 408 g/mol. The summed E-state index contributed by atoms with van der Waals surface area (Å²) < 4.78 is 5.21. The van der Waals surface area contributed by atoms with Crippen LogP contribution in [0.25, 0.3) is 0 Å². The van der Waals surface area contributed by atoms with Crippen molar-refractivity contribution in [1.29, 1.82) is 5.26 Å². The van der Waals surface area contributed by atoms with Crippen molar-refractivity contribution in [2.45, 2.75) is 78.5 Å². The van der Waals surface area contributed by atoms with E-state index in [2.05, 4.69) is 17.6 Å². The van der Waals surface area contributed by atoms with Gasteiger partial charge < -0.3 is 20.3 Å². The zero-order chi connectivity index (χ0) is 24.3. The average molecular weight is 445 g/mol. The van der Waals surface area contributed by atoms with Crippen molar-refractivity contribution in [2.24, 2.45) is 0 Å². The standard InChI is InChI=1S/C24H36N4O4/c1-7-8-9-15-26-21(29)20(19-12-10-17(2)11-13-19)28(16-14-25)22(30)18(3)27-23(31)32-24(4,5)6/h10-13,18,20H,7-9,15-16H2,1-6H3,(H,26,29)(H,27,31). The molecule has 8 nitrogen and oxygen atoms in total. The summed E-state index contributed by atoms with van der Waals surface area (Å²) in [7, 11) is 0. The summed E-state index contributed by atoms with van der Waals surface area (Å²) in [5.41, 5.74) is 0.882. The van der Waals surface area contributed by atoms with Gasteiger partial charge in [0.15, 0.2) is 0 Å². The number of hydrogen-bond donors (Lipinski definition) is 2. The zero-order valence-electron chi connectivity index (χ0n) is 20.0. The van der Waals surface area contributed by atoms with Crippen molar-refractivity contribution in [3.05, 3.63) is 35.4 Å². The predicted octanol–water partition coefficient (Wildman–Crippen LogP) is 3.61. The minimum Gasteiger partial charge on any atom is -0.444 e. The van der Waals surface area contributed by atoms with Gasteiger partial charge in [0.05, 0.1) is 6.07 Å². The van der Waals surface area contributed by atoms with Crippen LogP contribution in [0, 0.1) is 18.3 Å². The quantitative estimate of drug-likeness (QED) is 0.423. The minimum atomic E-state index is -0.993. The molecule has 1 aromatic rings. The number of hydrogen-bond acceptors (Lipinski definition) is 5. The first kappa shape index (κ1) is 27.0. The van der Waals surface area contributed by atoms with E-state index in [4.69, 9.17) is 4.74 Å². The molecule has 8 heteroatoms. The Kier molecular flexibility index (Phi) is 10.7. The fraction of sp³-hybridized carbons (Fsp3) is 0.583. The van der Waals surface area contributed by atoms with Gasteiger partial charge in [-0.2, -0.15) is 5.26 Å². The number of nitrogens with one attached hydrogen (secondary N) is 2. The summed E-state index contributed by atoms with van der Waals surface area (Å²) in [6.45, 7) is 10.8. The van der Waals surface area contributed by atoms with E-state index in [1.807, 2.05) is 25.1 Å².